The summed E-state index contributed by atoms with van der Waals surface area (Å²) in [5.74, 6) is -2.90. The molecule has 0 spiro atoms. The highest BCUT2D eigenvalue weighted by atomic mass is 19.4. The van der Waals surface area contributed by atoms with Gasteiger partial charge in [-0.3, -0.25) is 4.79 Å². The average Bonchev–Trinajstić information content (AvgIpc) is 3.13. The lowest BCUT2D eigenvalue weighted by atomic mass is 10.0. The van der Waals surface area contributed by atoms with E-state index < -0.39 is 12.1 Å². The van der Waals surface area contributed by atoms with E-state index >= 15 is 0 Å². The molecule has 0 aliphatic carbocycles. The first-order valence-electron chi connectivity index (χ1n) is 10.2. The van der Waals surface area contributed by atoms with Crippen molar-refractivity contribution >= 4 is 17.6 Å². The fraction of sp³-hybridized carbons (Fsp3) is 0.429. The standard InChI is InChI=1S/C19H23N5O.C2HF3O2/c1-12-10-14-11-13(2-3-16(14)21-12)17-4-5-18(24-23-17)19(25)22-15-6-8-20-9-7-15;3-2(4,5)1(6)7/h2-5,11-12,15,20-21H,6-10H2,1H3,(H,22,25);(H,6,7)/t12-;/m0./s1. The van der Waals surface area contributed by atoms with Crippen molar-refractivity contribution in [3.8, 4) is 11.3 Å². The maximum absolute atomic E-state index is 12.3. The van der Waals surface area contributed by atoms with Crippen molar-refractivity contribution in [3.05, 3.63) is 41.6 Å². The minimum absolute atomic E-state index is 0.141. The zero-order chi connectivity index (χ0) is 23.3. The van der Waals surface area contributed by atoms with Gasteiger partial charge in [-0.15, -0.1) is 10.2 Å². The number of carbonyl (C=O) groups is 2. The number of rotatable bonds is 3. The number of piperidine rings is 1. The number of hydrogen-bond donors (Lipinski definition) is 4. The summed E-state index contributed by atoms with van der Waals surface area (Å²) in [7, 11) is 0. The van der Waals surface area contributed by atoms with Crippen LogP contribution in [0.1, 0.15) is 35.8 Å². The number of nitrogens with zero attached hydrogens (tertiary/aromatic N) is 2. The number of carboxylic acid groups (broad SMARTS) is 1. The molecule has 1 aromatic heterocycles. The highest BCUT2D eigenvalue weighted by Gasteiger charge is 2.38. The van der Waals surface area contributed by atoms with Gasteiger partial charge in [0, 0.05) is 23.3 Å². The first kappa shape index (κ1) is 23.5. The number of aromatic nitrogens is 2. The Kier molecular flexibility index (Phi) is 7.29. The molecule has 4 rings (SSSR count). The van der Waals surface area contributed by atoms with Gasteiger partial charge in [-0.05, 0) is 69.1 Å². The summed E-state index contributed by atoms with van der Waals surface area (Å²) in [6.07, 6.45) is -2.15. The van der Waals surface area contributed by atoms with Gasteiger partial charge in [0.25, 0.3) is 5.91 Å². The van der Waals surface area contributed by atoms with Crippen LogP contribution in [0.3, 0.4) is 0 Å². The summed E-state index contributed by atoms with van der Waals surface area (Å²) in [6, 6.07) is 10.6. The molecule has 1 saturated heterocycles. The fourth-order valence-electron chi connectivity index (χ4n) is 3.54. The van der Waals surface area contributed by atoms with E-state index in [2.05, 4.69) is 45.2 Å². The third-order valence-corrected chi connectivity index (χ3v) is 5.14. The number of carboxylic acids is 1. The first-order chi connectivity index (χ1) is 15.1. The monoisotopic (exact) mass is 451 g/mol. The molecule has 0 saturated carbocycles. The molecule has 2 aromatic rings. The SMILES string of the molecule is C[C@H]1Cc2cc(-c3ccc(C(=O)NC4CCNCC4)nn3)ccc2N1.O=C(O)C(F)(F)F. The van der Waals surface area contributed by atoms with Gasteiger partial charge < -0.3 is 21.1 Å². The zero-order valence-electron chi connectivity index (χ0n) is 17.4. The maximum Gasteiger partial charge on any atom is 0.490 e. The Balaban J connectivity index is 0.000000360. The summed E-state index contributed by atoms with van der Waals surface area (Å²) in [6.45, 7) is 4.07. The molecule has 0 unspecified atom stereocenters. The van der Waals surface area contributed by atoms with Crippen molar-refractivity contribution in [2.24, 2.45) is 0 Å². The normalized spacial score (nSPS) is 18.1. The molecule has 11 heteroatoms. The van der Waals surface area contributed by atoms with E-state index in [1.54, 1.807) is 6.07 Å². The molecule has 172 valence electrons. The molecule has 1 amide bonds. The lowest BCUT2D eigenvalue weighted by molar-refractivity contribution is -0.192. The van der Waals surface area contributed by atoms with E-state index in [9.17, 15) is 18.0 Å². The van der Waals surface area contributed by atoms with Crippen LogP contribution >= 0.6 is 0 Å². The number of hydrogen-bond acceptors (Lipinski definition) is 6. The van der Waals surface area contributed by atoms with Gasteiger partial charge in [-0.25, -0.2) is 4.79 Å². The van der Waals surface area contributed by atoms with E-state index in [0.717, 1.165) is 43.6 Å². The third kappa shape index (κ3) is 6.16. The minimum atomic E-state index is -5.08. The summed E-state index contributed by atoms with van der Waals surface area (Å²) in [4.78, 5) is 21.2. The van der Waals surface area contributed by atoms with Crippen molar-refractivity contribution in [3.63, 3.8) is 0 Å². The Labute approximate surface area is 182 Å². The summed E-state index contributed by atoms with van der Waals surface area (Å²) < 4.78 is 31.7. The van der Waals surface area contributed by atoms with Crippen molar-refractivity contribution in [1.82, 2.24) is 20.8 Å². The number of amides is 1. The molecule has 8 nitrogen and oxygen atoms in total. The molecule has 1 fully saturated rings. The number of fused-ring (bicyclic) bond motifs is 1. The highest BCUT2D eigenvalue weighted by molar-refractivity contribution is 5.92. The average molecular weight is 451 g/mol. The third-order valence-electron chi connectivity index (χ3n) is 5.14. The second kappa shape index (κ2) is 9.94. The molecular weight excluding hydrogens is 427 g/mol. The second-order valence-electron chi connectivity index (χ2n) is 7.73. The van der Waals surface area contributed by atoms with Crippen LogP contribution in [-0.4, -0.2) is 58.5 Å². The summed E-state index contributed by atoms with van der Waals surface area (Å²) in [5.41, 5.74) is 4.70. The molecule has 4 N–H and O–H groups in total. The molecular formula is C21H24F3N5O3. The van der Waals surface area contributed by atoms with Gasteiger partial charge in [-0.1, -0.05) is 6.07 Å². The molecule has 2 aliphatic rings. The largest absolute Gasteiger partial charge is 0.490 e. The van der Waals surface area contributed by atoms with Gasteiger partial charge in [-0.2, -0.15) is 13.2 Å². The Morgan fingerprint density at radius 3 is 2.41 bits per heavy atom. The Morgan fingerprint density at radius 1 is 1.12 bits per heavy atom. The number of nitrogens with one attached hydrogen (secondary N) is 3. The Hall–Kier alpha value is -3.21. The van der Waals surface area contributed by atoms with Crippen LogP contribution in [0.4, 0.5) is 18.9 Å². The van der Waals surface area contributed by atoms with Crippen LogP contribution in [0.5, 0.6) is 0 Å². The van der Waals surface area contributed by atoms with Crippen LogP contribution in [0.25, 0.3) is 11.3 Å². The van der Waals surface area contributed by atoms with Gasteiger partial charge in [0.2, 0.25) is 0 Å². The molecule has 1 aromatic carbocycles. The lowest BCUT2D eigenvalue weighted by Crippen LogP contribution is -2.42. The summed E-state index contributed by atoms with van der Waals surface area (Å²) >= 11 is 0. The molecule has 3 heterocycles. The second-order valence-corrected chi connectivity index (χ2v) is 7.73. The maximum atomic E-state index is 12.3. The topological polar surface area (TPSA) is 116 Å². The van der Waals surface area contributed by atoms with E-state index in [0.29, 0.717) is 11.7 Å². The van der Waals surface area contributed by atoms with Gasteiger partial charge in [0.15, 0.2) is 5.69 Å². The summed E-state index contributed by atoms with van der Waals surface area (Å²) in [5, 5.41) is 25.3. The number of alkyl halides is 3. The van der Waals surface area contributed by atoms with Crippen molar-refractivity contribution in [1.29, 1.82) is 0 Å². The van der Waals surface area contributed by atoms with Crippen molar-refractivity contribution in [2.75, 3.05) is 18.4 Å². The van der Waals surface area contributed by atoms with Gasteiger partial charge in [0.05, 0.1) is 5.69 Å². The molecule has 0 radical (unpaired) electrons. The van der Waals surface area contributed by atoms with Crippen LogP contribution in [0.2, 0.25) is 0 Å². The minimum Gasteiger partial charge on any atom is -0.475 e. The van der Waals surface area contributed by atoms with Crippen molar-refractivity contribution in [2.45, 2.75) is 44.4 Å². The van der Waals surface area contributed by atoms with Gasteiger partial charge >= 0.3 is 12.1 Å². The Bertz CT molecular complexity index is 960. The smallest absolute Gasteiger partial charge is 0.475 e. The number of benzene rings is 1. The van der Waals surface area contributed by atoms with E-state index in [-0.39, 0.29) is 11.9 Å². The molecule has 0 bridgehead atoms. The van der Waals surface area contributed by atoms with E-state index in [1.807, 2.05) is 12.1 Å². The molecule has 2 aliphatic heterocycles. The van der Waals surface area contributed by atoms with E-state index in [4.69, 9.17) is 9.90 Å². The first-order valence-corrected chi connectivity index (χ1v) is 10.2. The number of carbonyl (C=O) groups excluding carboxylic acids is 1. The number of halogens is 3. The number of anilines is 1. The zero-order valence-corrected chi connectivity index (χ0v) is 17.4. The Morgan fingerprint density at radius 2 is 1.81 bits per heavy atom. The fourth-order valence-corrected chi connectivity index (χ4v) is 3.54. The van der Waals surface area contributed by atoms with Crippen LogP contribution in [-0.2, 0) is 11.2 Å². The molecule has 1 atom stereocenters. The van der Waals surface area contributed by atoms with Crippen LogP contribution < -0.4 is 16.0 Å². The lowest BCUT2D eigenvalue weighted by Gasteiger charge is -2.23. The quantitative estimate of drug-likeness (QED) is 0.567. The van der Waals surface area contributed by atoms with Gasteiger partial charge in [0.1, 0.15) is 0 Å². The predicted molar refractivity (Wildman–Crippen MR) is 111 cm³/mol. The number of aliphatic carboxylic acids is 1. The van der Waals surface area contributed by atoms with Crippen molar-refractivity contribution < 1.29 is 27.9 Å². The van der Waals surface area contributed by atoms with E-state index in [1.165, 1.54) is 11.3 Å². The van der Waals surface area contributed by atoms with Crippen LogP contribution in [0, 0.1) is 0 Å². The molecule has 32 heavy (non-hydrogen) atoms. The van der Waals surface area contributed by atoms with Crippen LogP contribution in [0.15, 0.2) is 30.3 Å². The highest BCUT2D eigenvalue weighted by Crippen LogP contribution is 2.29. The predicted octanol–water partition coefficient (Wildman–Crippen LogP) is 2.62.